The molecule has 1 aliphatic rings. The zero-order valence-electron chi connectivity index (χ0n) is 21.9. The van der Waals surface area contributed by atoms with Gasteiger partial charge in [-0.1, -0.05) is 42.5 Å². The zero-order valence-corrected chi connectivity index (χ0v) is 22.8. The van der Waals surface area contributed by atoms with Crippen molar-refractivity contribution in [1.29, 1.82) is 0 Å². The molecular weight excluding hydrogens is 512 g/mol. The van der Waals surface area contributed by atoms with E-state index in [0.717, 1.165) is 11.1 Å². The highest BCUT2D eigenvalue weighted by Crippen LogP contribution is 2.36. The summed E-state index contributed by atoms with van der Waals surface area (Å²) in [7, 11) is 0. The van der Waals surface area contributed by atoms with E-state index in [4.69, 9.17) is 26.4 Å². The van der Waals surface area contributed by atoms with Crippen molar-refractivity contribution in [2.45, 2.75) is 26.9 Å². The molecule has 39 heavy (non-hydrogen) atoms. The molecule has 0 radical (unpaired) electrons. The van der Waals surface area contributed by atoms with Crippen LogP contribution in [-0.4, -0.2) is 30.1 Å². The summed E-state index contributed by atoms with van der Waals surface area (Å²) in [5, 5.41) is 2.63. The number of ether oxygens (including phenoxy) is 3. The van der Waals surface area contributed by atoms with Crippen LogP contribution in [-0.2, 0) is 22.6 Å². The molecule has 200 valence electrons. The van der Waals surface area contributed by atoms with Crippen LogP contribution in [0.25, 0.3) is 6.08 Å². The Labute approximate surface area is 233 Å². The minimum absolute atomic E-state index is 0.00260. The van der Waals surface area contributed by atoms with E-state index in [-0.39, 0.29) is 10.7 Å². The topological polar surface area (TPSA) is 77.1 Å². The molecule has 2 amide bonds. The second-order valence-electron chi connectivity index (χ2n) is 8.60. The lowest BCUT2D eigenvalue weighted by Crippen LogP contribution is -2.54. The van der Waals surface area contributed by atoms with E-state index in [9.17, 15) is 9.59 Å². The van der Waals surface area contributed by atoms with Crippen molar-refractivity contribution in [3.05, 3.63) is 102 Å². The van der Waals surface area contributed by atoms with Crippen LogP contribution < -0.4 is 24.4 Å². The quantitative estimate of drug-likeness (QED) is 0.147. The van der Waals surface area contributed by atoms with Crippen LogP contribution in [0.15, 0.2) is 85.0 Å². The molecule has 0 aliphatic carbocycles. The molecule has 0 unspecified atom stereocenters. The average molecular weight is 543 g/mol. The highest BCUT2D eigenvalue weighted by Gasteiger charge is 2.34. The standard InChI is InChI=1S/C31H30N2O5S/c1-4-11-23-16-22(18-27(37-6-3)28(23)38-20-21-12-8-7-9-13-21)17-26-29(34)32-31(39)33(30(26)35)24-14-10-15-25(19-24)36-5-2/h4,7-10,12-19H,1,5-6,11,20H2,2-3H3,(H,32,34,39)/b26-17+. The molecule has 0 aromatic heterocycles. The number of nitrogens with zero attached hydrogens (tertiary/aromatic N) is 1. The first-order valence-electron chi connectivity index (χ1n) is 12.7. The van der Waals surface area contributed by atoms with Crippen LogP contribution in [0.4, 0.5) is 5.69 Å². The first-order chi connectivity index (χ1) is 18.9. The van der Waals surface area contributed by atoms with Gasteiger partial charge in [0.1, 0.15) is 17.9 Å². The maximum Gasteiger partial charge on any atom is 0.270 e. The van der Waals surface area contributed by atoms with E-state index >= 15 is 0 Å². The predicted octanol–water partition coefficient (Wildman–Crippen LogP) is 5.62. The number of rotatable bonds is 11. The van der Waals surface area contributed by atoms with Gasteiger partial charge in [-0.25, -0.2) is 0 Å². The Morgan fingerprint density at radius 3 is 2.44 bits per heavy atom. The van der Waals surface area contributed by atoms with E-state index < -0.39 is 11.8 Å². The van der Waals surface area contributed by atoms with Crippen LogP contribution in [0.5, 0.6) is 17.2 Å². The highest BCUT2D eigenvalue weighted by atomic mass is 32.1. The molecule has 0 atom stereocenters. The Hall–Kier alpha value is -4.43. The Bertz CT molecular complexity index is 1420. The average Bonchev–Trinajstić information content (AvgIpc) is 2.92. The fourth-order valence-electron chi connectivity index (χ4n) is 4.17. The molecular formula is C31H30N2O5S. The number of thiocarbonyl (C=S) groups is 1. The Morgan fingerprint density at radius 2 is 1.72 bits per heavy atom. The Morgan fingerprint density at radius 1 is 0.949 bits per heavy atom. The number of amides is 2. The molecule has 1 fully saturated rings. The monoisotopic (exact) mass is 542 g/mol. The molecule has 0 saturated carbocycles. The van der Waals surface area contributed by atoms with Crippen molar-refractivity contribution in [2.24, 2.45) is 0 Å². The van der Waals surface area contributed by atoms with Crippen molar-refractivity contribution >= 4 is 40.9 Å². The van der Waals surface area contributed by atoms with Gasteiger partial charge in [-0.3, -0.25) is 19.8 Å². The maximum absolute atomic E-state index is 13.6. The molecule has 1 aliphatic heterocycles. The van der Waals surface area contributed by atoms with Crippen LogP contribution >= 0.6 is 12.2 Å². The number of nitrogens with one attached hydrogen (secondary N) is 1. The molecule has 4 rings (SSSR count). The third kappa shape index (κ3) is 6.53. The van der Waals surface area contributed by atoms with Gasteiger partial charge in [-0.15, -0.1) is 6.58 Å². The van der Waals surface area contributed by atoms with Crippen molar-refractivity contribution in [3.63, 3.8) is 0 Å². The van der Waals surface area contributed by atoms with E-state index in [1.54, 1.807) is 36.4 Å². The lowest BCUT2D eigenvalue weighted by molar-refractivity contribution is -0.122. The van der Waals surface area contributed by atoms with Gasteiger partial charge in [-0.05, 0) is 74.0 Å². The van der Waals surface area contributed by atoms with Gasteiger partial charge in [0.2, 0.25) is 0 Å². The van der Waals surface area contributed by atoms with Crippen molar-refractivity contribution in [1.82, 2.24) is 5.32 Å². The summed E-state index contributed by atoms with van der Waals surface area (Å²) < 4.78 is 17.7. The van der Waals surface area contributed by atoms with Gasteiger partial charge in [-0.2, -0.15) is 0 Å². The maximum atomic E-state index is 13.6. The molecule has 3 aromatic carbocycles. The fourth-order valence-corrected chi connectivity index (χ4v) is 4.45. The highest BCUT2D eigenvalue weighted by molar-refractivity contribution is 7.80. The Balaban J connectivity index is 1.71. The first kappa shape index (κ1) is 27.6. The third-order valence-corrected chi connectivity index (χ3v) is 6.13. The van der Waals surface area contributed by atoms with Gasteiger partial charge in [0.05, 0.1) is 18.9 Å². The molecule has 0 bridgehead atoms. The van der Waals surface area contributed by atoms with Crippen LogP contribution in [0.2, 0.25) is 0 Å². The summed E-state index contributed by atoms with van der Waals surface area (Å²) >= 11 is 5.34. The number of carbonyl (C=O) groups excluding carboxylic acids is 2. The summed E-state index contributed by atoms with van der Waals surface area (Å²) in [4.78, 5) is 27.8. The molecule has 1 N–H and O–H groups in total. The smallest absolute Gasteiger partial charge is 0.270 e. The second kappa shape index (κ2) is 12.9. The lowest BCUT2D eigenvalue weighted by Gasteiger charge is -2.29. The minimum atomic E-state index is -0.574. The molecule has 8 heteroatoms. The van der Waals surface area contributed by atoms with Crippen LogP contribution in [0.3, 0.4) is 0 Å². The molecule has 1 saturated heterocycles. The predicted molar refractivity (Wildman–Crippen MR) is 156 cm³/mol. The summed E-state index contributed by atoms with van der Waals surface area (Å²) in [6.07, 6.45) is 3.80. The van der Waals surface area contributed by atoms with Crippen molar-refractivity contribution < 1.29 is 23.8 Å². The fraction of sp³-hybridized carbons (Fsp3) is 0.194. The number of carbonyl (C=O) groups is 2. The molecule has 1 heterocycles. The summed E-state index contributed by atoms with van der Waals surface area (Å²) in [6.45, 7) is 8.87. The van der Waals surface area contributed by atoms with Gasteiger partial charge in [0.15, 0.2) is 16.6 Å². The van der Waals surface area contributed by atoms with Crippen LogP contribution in [0, 0.1) is 0 Å². The van der Waals surface area contributed by atoms with Gasteiger partial charge in [0, 0.05) is 11.6 Å². The van der Waals surface area contributed by atoms with E-state index in [1.807, 2.05) is 50.2 Å². The summed E-state index contributed by atoms with van der Waals surface area (Å²) in [5.74, 6) is 0.590. The molecule has 0 spiro atoms. The third-order valence-electron chi connectivity index (χ3n) is 5.84. The van der Waals surface area contributed by atoms with E-state index in [2.05, 4.69) is 11.9 Å². The van der Waals surface area contributed by atoms with Gasteiger partial charge < -0.3 is 14.2 Å². The second-order valence-corrected chi connectivity index (χ2v) is 8.98. The van der Waals surface area contributed by atoms with E-state index in [0.29, 0.717) is 54.7 Å². The number of anilines is 1. The van der Waals surface area contributed by atoms with Gasteiger partial charge in [0.25, 0.3) is 11.8 Å². The van der Waals surface area contributed by atoms with Crippen molar-refractivity contribution in [2.75, 3.05) is 18.1 Å². The zero-order chi connectivity index (χ0) is 27.8. The van der Waals surface area contributed by atoms with Crippen LogP contribution in [0.1, 0.15) is 30.5 Å². The largest absolute Gasteiger partial charge is 0.494 e. The first-order valence-corrected chi connectivity index (χ1v) is 13.1. The number of hydrogen-bond donors (Lipinski definition) is 1. The number of benzene rings is 3. The van der Waals surface area contributed by atoms with E-state index in [1.165, 1.54) is 11.0 Å². The normalized spacial score (nSPS) is 14.3. The van der Waals surface area contributed by atoms with Crippen molar-refractivity contribution in [3.8, 4) is 17.2 Å². The SMILES string of the molecule is C=CCc1cc(/C=C2\C(=O)NC(=S)N(c3cccc(OCC)c3)C2=O)cc(OCC)c1OCc1ccccc1. The minimum Gasteiger partial charge on any atom is -0.494 e. The number of hydrogen-bond acceptors (Lipinski definition) is 6. The lowest BCUT2D eigenvalue weighted by atomic mass is 10.0. The molecule has 3 aromatic rings. The summed E-state index contributed by atoms with van der Waals surface area (Å²) in [6, 6.07) is 20.5. The molecule has 7 nitrogen and oxygen atoms in total. The Kier molecular flexibility index (Phi) is 9.12. The number of allylic oxidation sites excluding steroid dienone is 1. The van der Waals surface area contributed by atoms with Gasteiger partial charge >= 0.3 is 0 Å². The summed E-state index contributed by atoms with van der Waals surface area (Å²) in [5.41, 5.74) is 2.88.